The van der Waals surface area contributed by atoms with E-state index in [1.54, 1.807) is 23.9 Å². The molecule has 3 N–H and O–H groups in total. The van der Waals surface area contributed by atoms with Crippen LogP contribution in [0.3, 0.4) is 0 Å². The number of nitrogens with zero attached hydrogens (tertiary/aromatic N) is 3. The molecule has 0 saturated carbocycles. The van der Waals surface area contributed by atoms with E-state index in [2.05, 4.69) is 24.0 Å². The average molecular weight is 306 g/mol. The first kappa shape index (κ1) is 15.5. The van der Waals surface area contributed by atoms with E-state index in [1.807, 2.05) is 16.7 Å². The number of aromatic carboxylic acids is 1. The minimum atomic E-state index is -0.915. The monoisotopic (exact) mass is 306 g/mol. The highest BCUT2D eigenvalue weighted by Gasteiger charge is 2.14. The van der Waals surface area contributed by atoms with Crippen LogP contribution in [0.4, 0.5) is 0 Å². The van der Waals surface area contributed by atoms with Crippen molar-refractivity contribution in [2.75, 3.05) is 0 Å². The Hall–Kier alpha value is -1.86. The van der Waals surface area contributed by atoms with E-state index < -0.39 is 5.97 Å². The van der Waals surface area contributed by atoms with Crippen molar-refractivity contribution < 1.29 is 9.90 Å². The van der Waals surface area contributed by atoms with Crippen LogP contribution in [-0.2, 0) is 12.3 Å². The Morgan fingerprint density at radius 3 is 2.52 bits per heavy atom. The van der Waals surface area contributed by atoms with Crippen molar-refractivity contribution >= 4 is 17.7 Å². The van der Waals surface area contributed by atoms with E-state index in [0.717, 1.165) is 16.5 Å². The Morgan fingerprint density at radius 2 is 2.00 bits per heavy atom. The molecule has 0 fully saturated rings. The molecule has 0 amide bonds. The zero-order valence-corrected chi connectivity index (χ0v) is 12.8. The first-order chi connectivity index (χ1) is 10.0. The fraction of sp³-hybridized carbons (Fsp3) is 0.357. The topological polar surface area (TPSA) is 94.0 Å². The highest BCUT2D eigenvalue weighted by molar-refractivity contribution is 7.98. The van der Waals surface area contributed by atoms with Crippen molar-refractivity contribution in [3.05, 3.63) is 41.2 Å². The maximum absolute atomic E-state index is 10.8. The summed E-state index contributed by atoms with van der Waals surface area (Å²) in [6, 6.07) is 7.09. The van der Waals surface area contributed by atoms with Crippen LogP contribution in [0, 0.1) is 0 Å². The average Bonchev–Trinajstić information content (AvgIpc) is 2.88. The van der Waals surface area contributed by atoms with Crippen molar-refractivity contribution in [1.29, 1.82) is 0 Å². The predicted molar refractivity (Wildman–Crippen MR) is 81.3 cm³/mol. The molecule has 112 valence electrons. The van der Waals surface area contributed by atoms with E-state index in [9.17, 15) is 4.79 Å². The van der Waals surface area contributed by atoms with Crippen LogP contribution in [-0.4, -0.2) is 25.8 Å². The molecular weight excluding hydrogens is 288 g/mol. The number of carboxylic acid groups (broad SMARTS) is 1. The summed E-state index contributed by atoms with van der Waals surface area (Å²) in [5.74, 6) is 0.560. The molecule has 1 aromatic carbocycles. The van der Waals surface area contributed by atoms with Gasteiger partial charge in [-0.2, -0.15) is 0 Å². The standard InChI is InChI=1S/C14H18N4O2S/c1-9(2)18-12(7-15)16-17-14(18)21-8-10-3-5-11(6-4-10)13(19)20/h3-6,9H,7-8,15H2,1-2H3,(H,19,20). The van der Waals surface area contributed by atoms with Crippen molar-refractivity contribution in [3.63, 3.8) is 0 Å². The smallest absolute Gasteiger partial charge is 0.335 e. The van der Waals surface area contributed by atoms with E-state index in [0.29, 0.717) is 17.9 Å². The van der Waals surface area contributed by atoms with Gasteiger partial charge in [0.05, 0.1) is 12.1 Å². The molecule has 1 heterocycles. The zero-order chi connectivity index (χ0) is 15.4. The minimum absolute atomic E-state index is 0.246. The highest BCUT2D eigenvalue weighted by Crippen LogP contribution is 2.25. The summed E-state index contributed by atoms with van der Waals surface area (Å²) >= 11 is 1.57. The van der Waals surface area contributed by atoms with E-state index >= 15 is 0 Å². The van der Waals surface area contributed by atoms with Gasteiger partial charge in [-0.05, 0) is 31.5 Å². The minimum Gasteiger partial charge on any atom is -0.478 e. The number of hydrogen-bond acceptors (Lipinski definition) is 5. The van der Waals surface area contributed by atoms with Gasteiger partial charge in [0.2, 0.25) is 0 Å². The summed E-state index contributed by atoms with van der Waals surface area (Å²) < 4.78 is 2.02. The van der Waals surface area contributed by atoms with Gasteiger partial charge < -0.3 is 15.4 Å². The largest absolute Gasteiger partial charge is 0.478 e. The quantitative estimate of drug-likeness (QED) is 0.795. The maximum Gasteiger partial charge on any atom is 0.335 e. The Bertz CT molecular complexity index is 622. The van der Waals surface area contributed by atoms with Gasteiger partial charge >= 0.3 is 5.97 Å². The molecule has 0 spiro atoms. The van der Waals surface area contributed by atoms with Crippen LogP contribution in [0.2, 0.25) is 0 Å². The Morgan fingerprint density at radius 1 is 1.33 bits per heavy atom. The van der Waals surface area contributed by atoms with E-state index in [-0.39, 0.29) is 6.04 Å². The molecule has 7 heteroatoms. The first-order valence-electron chi connectivity index (χ1n) is 6.61. The normalized spacial score (nSPS) is 11.0. The first-order valence-corrected chi connectivity index (χ1v) is 7.60. The summed E-state index contributed by atoms with van der Waals surface area (Å²) in [5, 5.41) is 18.0. The summed E-state index contributed by atoms with van der Waals surface area (Å²) in [6.07, 6.45) is 0. The lowest BCUT2D eigenvalue weighted by atomic mass is 10.1. The van der Waals surface area contributed by atoms with Gasteiger partial charge in [0.15, 0.2) is 5.16 Å². The number of carboxylic acids is 1. The summed E-state index contributed by atoms with van der Waals surface area (Å²) in [6.45, 7) is 4.49. The van der Waals surface area contributed by atoms with Crippen LogP contribution in [0.1, 0.15) is 41.6 Å². The number of nitrogens with two attached hydrogens (primary N) is 1. The molecule has 0 saturated heterocycles. The Kier molecular flexibility index (Phi) is 4.98. The molecular formula is C14H18N4O2S. The van der Waals surface area contributed by atoms with Crippen molar-refractivity contribution in [3.8, 4) is 0 Å². The van der Waals surface area contributed by atoms with Gasteiger partial charge in [-0.15, -0.1) is 10.2 Å². The summed E-state index contributed by atoms with van der Waals surface area (Å²) in [5.41, 5.74) is 7.00. The second-order valence-corrected chi connectivity index (χ2v) is 5.80. The fourth-order valence-electron chi connectivity index (χ4n) is 1.96. The molecule has 0 radical (unpaired) electrons. The Balaban J connectivity index is 2.09. The molecule has 0 unspecified atom stereocenters. The van der Waals surface area contributed by atoms with Crippen LogP contribution in [0.15, 0.2) is 29.4 Å². The van der Waals surface area contributed by atoms with Crippen LogP contribution >= 0.6 is 11.8 Å². The van der Waals surface area contributed by atoms with Crippen molar-refractivity contribution in [1.82, 2.24) is 14.8 Å². The second-order valence-electron chi connectivity index (χ2n) is 4.86. The lowest BCUT2D eigenvalue weighted by Crippen LogP contribution is -2.11. The van der Waals surface area contributed by atoms with Gasteiger partial charge in [0, 0.05) is 11.8 Å². The van der Waals surface area contributed by atoms with Crippen LogP contribution < -0.4 is 5.73 Å². The molecule has 0 aliphatic heterocycles. The highest BCUT2D eigenvalue weighted by atomic mass is 32.2. The third-order valence-corrected chi connectivity index (χ3v) is 4.02. The number of hydrogen-bond donors (Lipinski definition) is 2. The van der Waals surface area contributed by atoms with Crippen molar-refractivity contribution in [2.24, 2.45) is 5.73 Å². The van der Waals surface area contributed by atoms with Gasteiger partial charge in [-0.3, -0.25) is 0 Å². The van der Waals surface area contributed by atoms with E-state index in [4.69, 9.17) is 10.8 Å². The number of thioether (sulfide) groups is 1. The SMILES string of the molecule is CC(C)n1c(CN)nnc1SCc1ccc(C(=O)O)cc1. The van der Waals surface area contributed by atoms with Crippen molar-refractivity contribution in [2.45, 2.75) is 37.3 Å². The second kappa shape index (κ2) is 6.73. The summed E-state index contributed by atoms with van der Waals surface area (Å²) in [7, 11) is 0. The van der Waals surface area contributed by atoms with E-state index in [1.165, 1.54) is 0 Å². The van der Waals surface area contributed by atoms with Crippen LogP contribution in [0.25, 0.3) is 0 Å². The fourth-order valence-corrected chi connectivity index (χ4v) is 3.00. The molecule has 1 aromatic heterocycles. The number of rotatable bonds is 6. The van der Waals surface area contributed by atoms with Gasteiger partial charge in [0.25, 0.3) is 0 Å². The van der Waals surface area contributed by atoms with Gasteiger partial charge in [0.1, 0.15) is 5.82 Å². The van der Waals surface area contributed by atoms with Gasteiger partial charge in [-0.1, -0.05) is 23.9 Å². The maximum atomic E-state index is 10.8. The molecule has 0 aliphatic rings. The third-order valence-electron chi connectivity index (χ3n) is 3.00. The van der Waals surface area contributed by atoms with Gasteiger partial charge in [-0.25, -0.2) is 4.79 Å². The molecule has 0 bridgehead atoms. The molecule has 2 aromatic rings. The van der Waals surface area contributed by atoms with Crippen LogP contribution in [0.5, 0.6) is 0 Å². The number of benzene rings is 1. The molecule has 0 aliphatic carbocycles. The number of aromatic nitrogens is 3. The lowest BCUT2D eigenvalue weighted by molar-refractivity contribution is 0.0697. The molecule has 0 atom stereocenters. The number of carbonyl (C=O) groups is 1. The predicted octanol–water partition coefficient (Wildman–Crippen LogP) is 2.31. The Labute approximate surface area is 127 Å². The summed E-state index contributed by atoms with van der Waals surface area (Å²) in [4.78, 5) is 10.8. The zero-order valence-electron chi connectivity index (χ0n) is 12.0. The molecule has 6 nitrogen and oxygen atoms in total. The molecule has 2 rings (SSSR count). The molecule has 21 heavy (non-hydrogen) atoms. The lowest BCUT2D eigenvalue weighted by Gasteiger charge is -2.12. The third kappa shape index (κ3) is 3.62.